The number of carbonyl (C=O) groups is 1. The molecule has 0 aliphatic carbocycles. The van der Waals surface area contributed by atoms with Crippen LogP contribution in [0.4, 0.5) is 0 Å². The van der Waals surface area contributed by atoms with Gasteiger partial charge in [-0.25, -0.2) is 0 Å². The number of phenols is 1. The van der Waals surface area contributed by atoms with E-state index in [1.165, 1.54) is 6.26 Å². The average molecular weight is 245 g/mol. The van der Waals surface area contributed by atoms with Crippen molar-refractivity contribution in [3.05, 3.63) is 53.5 Å². The van der Waals surface area contributed by atoms with Gasteiger partial charge in [0.25, 0.3) is 5.91 Å². The molecular formula is C14H15NO3. The zero-order valence-electron chi connectivity index (χ0n) is 10.1. The third-order valence-corrected chi connectivity index (χ3v) is 2.70. The molecule has 18 heavy (non-hydrogen) atoms. The molecule has 0 aliphatic rings. The van der Waals surface area contributed by atoms with E-state index in [4.69, 9.17) is 9.52 Å². The van der Waals surface area contributed by atoms with Crippen LogP contribution in [0.25, 0.3) is 0 Å². The standard InChI is InChI=1S/C14H15NO3/c1-10-7-9-18-13(10)14(17)15-8-6-11-2-4-12(16)5-3-11/h2-5,7,9,16H,6,8H2,1H3,(H,15,17). The molecule has 0 saturated carbocycles. The summed E-state index contributed by atoms with van der Waals surface area (Å²) < 4.78 is 5.10. The summed E-state index contributed by atoms with van der Waals surface area (Å²) in [6.45, 7) is 2.36. The zero-order chi connectivity index (χ0) is 13.0. The highest BCUT2D eigenvalue weighted by molar-refractivity contribution is 5.92. The number of phenolic OH excluding ortho intramolecular Hbond substituents is 1. The topological polar surface area (TPSA) is 62.5 Å². The molecule has 2 rings (SSSR count). The van der Waals surface area contributed by atoms with Gasteiger partial charge in [0.05, 0.1) is 6.26 Å². The van der Waals surface area contributed by atoms with Crippen LogP contribution >= 0.6 is 0 Å². The molecule has 1 amide bonds. The predicted octanol–water partition coefficient (Wildman–Crippen LogP) is 2.27. The van der Waals surface area contributed by atoms with Gasteiger partial charge in [0, 0.05) is 12.1 Å². The molecule has 1 aromatic carbocycles. The summed E-state index contributed by atoms with van der Waals surface area (Å²) in [6.07, 6.45) is 2.22. The molecule has 0 bridgehead atoms. The number of furan rings is 1. The van der Waals surface area contributed by atoms with E-state index in [9.17, 15) is 4.79 Å². The number of nitrogens with one attached hydrogen (secondary N) is 1. The van der Waals surface area contributed by atoms with E-state index < -0.39 is 0 Å². The molecule has 0 spiro atoms. The molecule has 1 aromatic heterocycles. The molecule has 0 fully saturated rings. The van der Waals surface area contributed by atoms with E-state index in [0.717, 1.165) is 11.1 Å². The maximum Gasteiger partial charge on any atom is 0.287 e. The molecule has 0 aliphatic heterocycles. The second-order valence-electron chi connectivity index (χ2n) is 4.11. The lowest BCUT2D eigenvalue weighted by Gasteiger charge is -2.04. The van der Waals surface area contributed by atoms with Crippen molar-refractivity contribution in [1.29, 1.82) is 0 Å². The van der Waals surface area contributed by atoms with Crippen molar-refractivity contribution in [2.24, 2.45) is 0 Å². The molecule has 2 N–H and O–H groups in total. The highest BCUT2D eigenvalue weighted by atomic mass is 16.3. The molecule has 4 nitrogen and oxygen atoms in total. The number of aromatic hydroxyl groups is 1. The van der Waals surface area contributed by atoms with Crippen LogP contribution in [0.2, 0.25) is 0 Å². The molecule has 0 saturated heterocycles. The number of benzene rings is 1. The van der Waals surface area contributed by atoms with Gasteiger partial charge in [-0.2, -0.15) is 0 Å². The zero-order valence-corrected chi connectivity index (χ0v) is 10.1. The van der Waals surface area contributed by atoms with Gasteiger partial charge in [0.15, 0.2) is 5.76 Å². The summed E-state index contributed by atoms with van der Waals surface area (Å²) in [5, 5.41) is 11.9. The number of hydrogen-bond acceptors (Lipinski definition) is 3. The van der Waals surface area contributed by atoms with Gasteiger partial charge >= 0.3 is 0 Å². The lowest BCUT2D eigenvalue weighted by Crippen LogP contribution is -2.25. The fourth-order valence-corrected chi connectivity index (χ4v) is 1.67. The molecule has 0 radical (unpaired) electrons. The summed E-state index contributed by atoms with van der Waals surface area (Å²) in [6, 6.07) is 8.69. The van der Waals surface area contributed by atoms with E-state index in [2.05, 4.69) is 5.32 Å². The van der Waals surface area contributed by atoms with Crippen LogP contribution in [-0.2, 0) is 6.42 Å². The highest BCUT2D eigenvalue weighted by Crippen LogP contribution is 2.10. The fourth-order valence-electron chi connectivity index (χ4n) is 1.67. The summed E-state index contributed by atoms with van der Waals surface area (Å²) in [7, 11) is 0. The second-order valence-corrected chi connectivity index (χ2v) is 4.11. The van der Waals surface area contributed by atoms with Gasteiger partial charge in [0.2, 0.25) is 0 Å². The Labute approximate surface area is 105 Å². The number of rotatable bonds is 4. The maximum absolute atomic E-state index is 11.7. The van der Waals surface area contributed by atoms with Gasteiger partial charge in [-0.3, -0.25) is 4.79 Å². The lowest BCUT2D eigenvalue weighted by atomic mass is 10.1. The first kappa shape index (κ1) is 12.2. The quantitative estimate of drug-likeness (QED) is 0.868. The first-order chi connectivity index (χ1) is 8.66. The van der Waals surface area contributed by atoms with Crippen LogP contribution in [0.3, 0.4) is 0 Å². The monoisotopic (exact) mass is 245 g/mol. The second kappa shape index (κ2) is 5.40. The maximum atomic E-state index is 11.7. The SMILES string of the molecule is Cc1ccoc1C(=O)NCCc1ccc(O)cc1. The molecule has 0 atom stereocenters. The third kappa shape index (κ3) is 2.91. The van der Waals surface area contributed by atoms with Crippen molar-refractivity contribution in [3.63, 3.8) is 0 Å². The average Bonchev–Trinajstić information content (AvgIpc) is 2.78. The molecule has 2 aromatic rings. The van der Waals surface area contributed by atoms with Crippen molar-refractivity contribution < 1.29 is 14.3 Å². The van der Waals surface area contributed by atoms with Crippen LogP contribution in [0.5, 0.6) is 5.75 Å². The Kier molecular flexibility index (Phi) is 3.67. The largest absolute Gasteiger partial charge is 0.508 e. The summed E-state index contributed by atoms with van der Waals surface area (Å²) in [5.74, 6) is 0.408. The predicted molar refractivity (Wildman–Crippen MR) is 67.6 cm³/mol. The summed E-state index contributed by atoms with van der Waals surface area (Å²) in [4.78, 5) is 11.7. The van der Waals surface area contributed by atoms with Gasteiger partial charge in [-0.05, 0) is 37.1 Å². The minimum absolute atomic E-state index is 0.198. The Morgan fingerprint density at radius 3 is 2.61 bits per heavy atom. The van der Waals surface area contributed by atoms with Crippen LogP contribution in [-0.4, -0.2) is 17.6 Å². The minimum Gasteiger partial charge on any atom is -0.508 e. The summed E-state index contributed by atoms with van der Waals surface area (Å²) >= 11 is 0. The summed E-state index contributed by atoms with van der Waals surface area (Å²) in [5.41, 5.74) is 1.89. The first-order valence-electron chi connectivity index (χ1n) is 5.77. The van der Waals surface area contributed by atoms with Crippen molar-refractivity contribution in [3.8, 4) is 5.75 Å². The van der Waals surface area contributed by atoms with Gasteiger partial charge in [0.1, 0.15) is 5.75 Å². The molecule has 0 unspecified atom stereocenters. The van der Waals surface area contributed by atoms with Crippen LogP contribution in [0.15, 0.2) is 41.0 Å². The van der Waals surface area contributed by atoms with E-state index in [0.29, 0.717) is 18.7 Å². The molecule has 1 heterocycles. The lowest BCUT2D eigenvalue weighted by molar-refractivity contribution is 0.0925. The van der Waals surface area contributed by atoms with Gasteiger partial charge < -0.3 is 14.8 Å². The Hall–Kier alpha value is -2.23. The Morgan fingerprint density at radius 2 is 2.00 bits per heavy atom. The van der Waals surface area contributed by atoms with E-state index in [-0.39, 0.29) is 11.7 Å². The smallest absolute Gasteiger partial charge is 0.287 e. The number of aryl methyl sites for hydroxylation is 1. The van der Waals surface area contributed by atoms with E-state index in [1.807, 2.05) is 19.1 Å². The Bertz CT molecular complexity index is 528. The number of hydrogen-bond donors (Lipinski definition) is 2. The normalized spacial score (nSPS) is 10.3. The molecule has 4 heteroatoms. The highest BCUT2D eigenvalue weighted by Gasteiger charge is 2.11. The number of amides is 1. The fraction of sp³-hybridized carbons (Fsp3) is 0.214. The van der Waals surface area contributed by atoms with E-state index >= 15 is 0 Å². The molecule has 94 valence electrons. The van der Waals surface area contributed by atoms with Gasteiger partial charge in [-0.15, -0.1) is 0 Å². The van der Waals surface area contributed by atoms with Crippen molar-refractivity contribution >= 4 is 5.91 Å². The third-order valence-electron chi connectivity index (χ3n) is 2.70. The minimum atomic E-state index is -0.198. The Morgan fingerprint density at radius 1 is 1.28 bits per heavy atom. The van der Waals surface area contributed by atoms with Crippen molar-refractivity contribution in [2.45, 2.75) is 13.3 Å². The van der Waals surface area contributed by atoms with Crippen molar-refractivity contribution in [1.82, 2.24) is 5.32 Å². The van der Waals surface area contributed by atoms with Crippen LogP contribution in [0, 0.1) is 6.92 Å². The van der Waals surface area contributed by atoms with Crippen LogP contribution < -0.4 is 5.32 Å². The van der Waals surface area contributed by atoms with E-state index in [1.54, 1.807) is 18.2 Å². The molecular weight excluding hydrogens is 230 g/mol. The number of carbonyl (C=O) groups excluding carboxylic acids is 1. The van der Waals surface area contributed by atoms with Gasteiger partial charge in [-0.1, -0.05) is 12.1 Å². The van der Waals surface area contributed by atoms with Crippen LogP contribution in [0.1, 0.15) is 21.7 Å². The van der Waals surface area contributed by atoms with Crippen molar-refractivity contribution in [2.75, 3.05) is 6.54 Å². The first-order valence-corrected chi connectivity index (χ1v) is 5.77. The Balaban J connectivity index is 1.84.